The SMILES string of the molecule is Cc1ccc(NC(=O)Cc2nnc(S[C@H](C)C(=O)Nc3ccc4c(c3)OCO4)n2C)cc1. The number of amides is 2. The first-order chi connectivity index (χ1) is 15.4. The van der Waals surface area contributed by atoms with Crippen LogP contribution >= 0.6 is 11.8 Å². The van der Waals surface area contributed by atoms with Crippen LogP contribution in [0.15, 0.2) is 47.6 Å². The Morgan fingerprint density at radius 2 is 1.78 bits per heavy atom. The van der Waals surface area contributed by atoms with Crippen molar-refractivity contribution < 1.29 is 19.1 Å². The molecule has 3 aromatic rings. The summed E-state index contributed by atoms with van der Waals surface area (Å²) in [6.07, 6.45) is 0.0791. The first kappa shape index (κ1) is 21.7. The van der Waals surface area contributed by atoms with Crippen molar-refractivity contribution in [3.63, 3.8) is 0 Å². The third kappa shape index (κ3) is 5.02. The number of benzene rings is 2. The Morgan fingerprint density at radius 1 is 1.06 bits per heavy atom. The molecule has 2 aromatic carbocycles. The lowest BCUT2D eigenvalue weighted by molar-refractivity contribution is -0.116. The topological polar surface area (TPSA) is 107 Å². The maximum absolute atomic E-state index is 12.6. The van der Waals surface area contributed by atoms with Gasteiger partial charge in [-0.1, -0.05) is 29.5 Å². The lowest BCUT2D eigenvalue weighted by atomic mass is 10.2. The molecule has 0 saturated carbocycles. The van der Waals surface area contributed by atoms with Gasteiger partial charge in [0.1, 0.15) is 5.82 Å². The van der Waals surface area contributed by atoms with Gasteiger partial charge >= 0.3 is 0 Å². The van der Waals surface area contributed by atoms with Crippen LogP contribution in [0, 0.1) is 6.92 Å². The molecule has 0 radical (unpaired) electrons. The standard InChI is InChI=1S/C22H23N5O4S/c1-13-4-6-15(7-5-13)23-20(28)11-19-25-26-22(27(19)3)32-14(2)21(29)24-16-8-9-17-18(10-16)31-12-30-17/h4-10,14H,11-12H2,1-3H3,(H,23,28)(H,24,29)/t14-/m1/s1. The quantitative estimate of drug-likeness (QED) is 0.529. The Kier molecular flexibility index (Phi) is 6.31. The van der Waals surface area contributed by atoms with Crippen molar-refractivity contribution in [3.8, 4) is 11.5 Å². The molecule has 32 heavy (non-hydrogen) atoms. The van der Waals surface area contributed by atoms with E-state index >= 15 is 0 Å². The third-order valence-corrected chi connectivity index (χ3v) is 6.00. The number of anilines is 2. The van der Waals surface area contributed by atoms with Gasteiger partial charge in [0, 0.05) is 24.5 Å². The van der Waals surface area contributed by atoms with Gasteiger partial charge in [-0.05, 0) is 38.1 Å². The fraction of sp³-hybridized carbons (Fsp3) is 0.273. The Balaban J connectivity index is 1.33. The molecule has 1 aromatic heterocycles. The summed E-state index contributed by atoms with van der Waals surface area (Å²) in [5.74, 6) is 1.40. The van der Waals surface area contributed by atoms with E-state index in [1.165, 1.54) is 11.8 Å². The number of aryl methyl sites for hydroxylation is 1. The third-order valence-electron chi connectivity index (χ3n) is 4.87. The average molecular weight is 454 g/mol. The Bertz CT molecular complexity index is 1150. The fourth-order valence-corrected chi connectivity index (χ4v) is 3.85. The van der Waals surface area contributed by atoms with E-state index in [9.17, 15) is 9.59 Å². The van der Waals surface area contributed by atoms with Gasteiger partial charge in [-0.2, -0.15) is 0 Å². The van der Waals surface area contributed by atoms with Crippen LogP contribution in [-0.2, 0) is 23.1 Å². The van der Waals surface area contributed by atoms with Gasteiger partial charge in [-0.15, -0.1) is 10.2 Å². The van der Waals surface area contributed by atoms with Crippen LogP contribution in [0.3, 0.4) is 0 Å². The summed E-state index contributed by atoms with van der Waals surface area (Å²) in [7, 11) is 1.78. The highest BCUT2D eigenvalue weighted by Crippen LogP contribution is 2.34. The van der Waals surface area contributed by atoms with Crippen LogP contribution in [0.1, 0.15) is 18.3 Å². The minimum absolute atomic E-state index is 0.0791. The number of carbonyl (C=O) groups excluding carboxylic acids is 2. The lowest BCUT2D eigenvalue weighted by Gasteiger charge is -2.12. The number of rotatable bonds is 7. The molecule has 1 aliphatic rings. The van der Waals surface area contributed by atoms with Gasteiger partial charge in [0.25, 0.3) is 0 Å². The highest BCUT2D eigenvalue weighted by molar-refractivity contribution is 8.00. The molecule has 10 heteroatoms. The van der Waals surface area contributed by atoms with E-state index in [0.29, 0.717) is 28.2 Å². The number of carbonyl (C=O) groups is 2. The molecule has 0 bridgehead atoms. The summed E-state index contributed by atoms with van der Waals surface area (Å²) in [4.78, 5) is 25.0. The van der Waals surface area contributed by atoms with E-state index in [-0.39, 0.29) is 25.0 Å². The Morgan fingerprint density at radius 3 is 2.56 bits per heavy atom. The highest BCUT2D eigenvalue weighted by Gasteiger charge is 2.21. The van der Waals surface area contributed by atoms with Gasteiger partial charge in [0.15, 0.2) is 16.7 Å². The summed E-state index contributed by atoms with van der Waals surface area (Å²) < 4.78 is 12.3. The van der Waals surface area contributed by atoms with E-state index in [0.717, 1.165) is 11.3 Å². The minimum Gasteiger partial charge on any atom is -0.454 e. The number of hydrogen-bond acceptors (Lipinski definition) is 7. The van der Waals surface area contributed by atoms with Gasteiger partial charge < -0.3 is 24.7 Å². The van der Waals surface area contributed by atoms with Crippen molar-refractivity contribution in [2.24, 2.45) is 7.05 Å². The number of nitrogens with one attached hydrogen (secondary N) is 2. The molecule has 4 rings (SSSR count). The predicted octanol–water partition coefficient (Wildman–Crippen LogP) is 3.15. The van der Waals surface area contributed by atoms with Crippen LogP contribution in [0.4, 0.5) is 11.4 Å². The van der Waals surface area contributed by atoms with Crippen LogP contribution in [0.25, 0.3) is 0 Å². The number of aromatic nitrogens is 3. The summed E-state index contributed by atoms with van der Waals surface area (Å²) in [5, 5.41) is 14.1. The van der Waals surface area contributed by atoms with Gasteiger partial charge in [0.05, 0.1) is 11.7 Å². The predicted molar refractivity (Wildman–Crippen MR) is 121 cm³/mol. The average Bonchev–Trinajstić information content (AvgIpc) is 3.37. The molecular weight excluding hydrogens is 430 g/mol. The monoisotopic (exact) mass is 453 g/mol. The van der Waals surface area contributed by atoms with Crippen molar-refractivity contribution in [1.82, 2.24) is 14.8 Å². The summed E-state index contributed by atoms with van der Waals surface area (Å²) in [6.45, 7) is 3.95. The zero-order valence-electron chi connectivity index (χ0n) is 17.9. The van der Waals surface area contributed by atoms with Crippen LogP contribution in [-0.4, -0.2) is 38.6 Å². The first-order valence-electron chi connectivity index (χ1n) is 10.0. The maximum atomic E-state index is 12.6. The summed E-state index contributed by atoms with van der Waals surface area (Å²) in [5.41, 5.74) is 2.47. The Labute approximate surface area is 189 Å². The largest absolute Gasteiger partial charge is 0.454 e. The summed E-state index contributed by atoms with van der Waals surface area (Å²) in [6, 6.07) is 12.8. The number of ether oxygens (including phenoxy) is 2. The zero-order valence-corrected chi connectivity index (χ0v) is 18.7. The molecule has 2 amide bonds. The number of thioether (sulfide) groups is 1. The normalized spacial score (nSPS) is 13.0. The molecule has 2 N–H and O–H groups in total. The second-order valence-electron chi connectivity index (χ2n) is 7.37. The zero-order chi connectivity index (χ0) is 22.7. The second kappa shape index (κ2) is 9.31. The van der Waals surface area contributed by atoms with E-state index in [1.807, 2.05) is 31.2 Å². The highest BCUT2D eigenvalue weighted by atomic mass is 32.2. The molecular formula is C22H23N5O4S. The van der Waals surface area contributed by atoms with Crippen molar-refractivity contribution >= 4 is 35.0 Å². The molecule has 0 aliphatic carbocycles. The maximum Gasteiger partial charge on any atom is 0.237 e. The molecule has 0 spiro atoms. The minimum atomic E-state index is -0.433. The smallest absolute Gasteiger partial charge is 0.237 e. The van der Waals surface area contributed by atoms with Gasteiger partial charge in [-0.3, -0.25) is 9.59 Å². The number of fused-ring (bicyclic) bond motifs is 1. The van der Waals surface area contributed by atoms with Gasteiger partial charge in [0.2, 0.25) is 18.6 Å². The molecule has 0 fully saturated rings. The number of hydrogen-bond donors (Lipinski definition) is 2. The van der Waals surface area contributed by atoms with E-state index in [1.54, 1.807) is 36.7 Å². The van der Waals surface area contributed by atoms with E-state index < -0.39 is 5.25 Å². The number of nitrogens with zero attached hydrogens (tertiary/aromatic N) is 3. The molecule has 2 heterocycles. The van der Waals surface area contributed by atoms with Crippen LogP contribution in [0.2, 0.25) is 0 Å². The van der Waals surface area contributed by atoms with Crippen LogP contribution < -0.4 is 20.1 Å². The van der Waals surface area contributed by atoms with Crippen molar-refractivity contribution in [2.75, 3.05) is 17.4 Å². The lowest BCUT2D eigenvalue weighted by Crippen LogP contribution is -2.23. The molecule has 9 nitrogen and oxygen atoms in total. The molecule has 166 valence electrons. The van der Waals surface area contributed by atoms with Gasteiger partial charge in [-0.25, -0.2) is 0 Å². The Hall–Kier alpha value is -3.53. The second-order valence-corrected chi connectivity index (χ2v) is 8.67. The fourth-order valence-electron chi connectivity index (χ4n) is 3.02. The van der Waals surface area contributed by atoms with Crippen molar-refractivity contribution in [3.05, 3.63) is 53.9 Å². The van der Waals surface area contributed by atoms with E-state index in [4.69, 9.17) is 9.47 Å². The van der Waals surface area contributed by atoms with Crippen LogP contribution in [0.5, 0.6) is 11.5 Å². The summed E-state index contributed by atoms with van der Waals surface area (Å²) >= 11 is 1.27. The molecule has 0 saturated heterocycles. The molecule has 0 unspecified atom stereocenters. The first-order valence-corrected chi connectivity index (χ1v) is 10.9. The van der Waals surface area contributed by atoms with Crippen molar-refractivity contribution in [1.29, 1.82) is 0 Å². The molecule has 1 atom stereocenters. The van der Waals surface area contributed by atoms with E-state index in [2.05, 4.69) is 20.8 Å². The van der Waals surface area contributed by atoms with Crippen molar-refractivity contribution in [2.45, 2.75) is 30.7 Å². The molecule has 1 aliphatic heterocycles.